The third kappa shape index (κ3) is 4.71. The van der Waals surface area contributed by atoms with Crippen LogP contribution in [0.4, 0.5) is 8.78 Å². The minimum atomic E-state index is -0.725. The molecule has 0 aromatic heterocycles. The van der Waals surface area contributed by atoms with E-state index < -0.39 is 17.2 Å². The first-order valence-electron chi connectivity index (χ1n) is 10.9. The number of nitriles is 1. The Kier molecular flexibility index (Phi) is 6.90. The van der Waals surface area contributed by atoms with Gasteiger partial charge in [0.2, 0.25) is 0 Å². The summed E-state index contributed by atoms with van der Waals surface area (Å²) < 4.78 is 27.9. The second-order valence-corrected chi connectivity index (χ2v) is 9.00. The molecule has 1 aromatic rings. The largest absolute Gasteiger partial charge is 0.205 e. The summed E-state index contributed by atoms with van der Waals surface area (Å²) in [6, 6.07) is 4.35. The van der Waals surface area contributed by atoms with E-state index in [4.69, 9.17) is 5.26 Å². The van der Waals surface area contributed by atoms with E-state index in [1.807, 2.05) is 0 Å². The number of nitrogens with zero attached hydrogens (tertiary/aromatic N) is 1. The summed E-state index contributed by atoms with van der Waals surface area (Å²) in [4.78, 5) is 0. The van der Waals surface area contributed by atoms with Crippen LogP contribution in [-0.4, -0.2) is 0 Å². The van der Waals surface area contributed by atoms with Gasteiger partial charge in [0.15, 0.2) is 0 Å². The van der Waals surface area contributed by atoms with Gasteiger partial charge in [0.25, 0.3) is 0 Å². The van der Waals surface area contributed by atoms with Gasteiger partial charge in [-0.25, -0.2) is 8.78 Å². The van der Waals surface area contributed by atoms with E-state index >= 15 is 0 Å². The highest BCUT2D eigenvalue weighted by atomic mass is 19.1. The molecule has 0 saturated heterocycles. The summed E-state index contributed by atoms with van der Waals surface area (Å²) in [6.07, 6.45) is 13.2. The van der Waals surface area contributed by atoms with Crippen molar-refractivity contribution >= 4 is 0 Å². The Morgan fingerprint density at radius 3 is 1.96 bits per heavy atom. The molecule has 1 nitrogen and oxygen atoms in total. The van der Waals surface area contributed by atoms with Crippen molar-refractivity contribution in [2.45, 2.75) is 84.0 Å². The molecular formula is C24H33F2N. The maximum atomic E-state index is 14.0. The predicted molar refractivity (Wildman–Crippen MR) is 105 cm³/mol. The van der Waals surface area contributed by atoms with Crippen LogP contribution in [0.25, 0.3) is 0 Å². The van der Waals surface area contributed by atoms with E-state index in [1.54, 1.807) is 6.07 Å². The molecule has 0 spiro atoms. The van der Waals surface area contributed by atoms with Crippen LogP contribution in [0.3, 0.4) is 0 Å². The van der Waals surface area contributed by atoms with Gasteiger partial charge < -0.3 is 0 Å². The van der Waals surface area contributed by atoms with Gasteiger partial charge in [0.1, 0.15) is 23.3 Å². The third-order valence-electron chi connectivity index (χ3n) is 7.48. The van der Waals surface area contributed by atoms with E-state index in [9.17, 15) is 8.78 Å². The lowest BCUT2D eigenvalue weighted by Crippen LogP contribution is -2.27. The quantitative estimate of drug-likeness (QED) is 0.529. The molecular weight excluding hydrogens is 340 g/mol. The van der Waals surface area contributed by atoms with Crippen LogP contribution in [0.5, 0.6) is 0 Å². The Morgan fingerprint density at radius 2 is 1.48 bits per heavy atom. The predicted octanol–water partition coefficient (Wildman–Crippen LogP) is 7.35. The maximum Gasteiger partial charge on any atom is 0.144 e. The van der Waals surface area contributed by atoms with Crippen LogP contribution >= 0.6 is 0 Å². The highest BCUT2D eigenvalue weighted by Gasteiger charge is 2.32. The molecule has 27 heavy (non-hydrogen) atoms. The molecule has 0 amide bonds. The van der Waals surface area contributed by atoms with Crippen LogP contribution in [0.1, 0.15) is 95.1 Å². The molecule has 3 rings (SSSR count). The average Bonchev–Trinajstić information content (AvgIpc) is 2.68. The third-order valence-corrected chi connectivity index (χ3v) is 7.48. The normalized spacial score (nSPS) is 29.9. The van der Waals surface area contributed by atoms with Gasteiger partial charge in [-0.2, -0.15) is 5.26 Å². The zero-order valence-corrected chi connectivity index (χ0v) is 16.8. The molecule has 148 valence electrons. The lowest BCUT2D eigenvalue weighted by Gasteiger charge is -2.39. The van der Waals surface area contributed by atoms with Crippen molar-refractivity contribution < 1.29 is 8.78 Å². The Morgan fingerprint density at radius 1 is 0.963 bits per heavy atom. The second-order valence-electron chi connectivity index (χ2n) is 9.00. The first-order valence-corrected chi connectivity index (χ1v) is 10.9. The fraction of sp³-hybridized carbons (Fsp3) is 0.708. The number of hydrogen-bond acceptors (Lipinski definition) is 1. The van der Waals surface area contributed by atoms with Gasteiger partial charge in [-0.15, -0.1) is 0 Å². The topological polar surface area (TPSA) is 23.8 Å². The van der Waals surface area contributed by atoms with Gasteiger partial charge in [-0.05, 0) is 85.8 Å². The summed E-state index contributed by atoms with van der Waals surface area (Å²) in [7, 11) is 0. The Balaban J connectivity index is 1.54. The van der Waals surface area contributed by atoms with Crippen molar-refractivity contribution in [3.8, 4) is 6.07 Å². The van der Waals surface area contributed by atoms with Crippen molar-refractivity contribution in [2.75, 3.05) is 0 Å². The first-order chi connectivity index (χ1) is 13.0. The fourth-order valence-corrected chi connectivity index (χ4v) is 5.71. The number of hydrogen-bond donors (Lipinski definition) is 0. The van der Waals surface area contributed by atoms with Crippen LogP contribution < -0.4 is 0 Å². The number of halogens is 2. The zero-order valence-electron chi connectivity index (χ0n) is 16.8. The van der Waals surface area contributed by atoms with Gasteiger partial charge in [0.05, 0.1) is 0 Å². The monoisotopic (exact) mass is 373 g/mol. The van der Waals surface area contributed by atoms with Crippen molar-refractivity contribution in [2.24, 2.45) is 23.7 Å². The van der Waals surface area contributed by atoms with E-state index in [-0.39, 0.29) is 5.92 Å². The van der Waals surface area contributed by atoms with Crippen molar-refractivity contribution in [3.63, 3.8) is 0 Å². The van der Waals surface area contributed by atoms with Gasteiger partial charge in [-0.1, -0.05) is 39.5 Å². The molecule has 0 radical (unpaired) electrons. The molecule has 1 atom stereocenters. The van der Waals surface area contributed by atoms with Crippen LogP contribution in [0.15, 0.2) is 12.1 Å². The van der Waals surface area contributed by atoms with E-state index in [0.29, 0.717) is 11.5 Å². The maximum absolute atomic E-state index is 14.0. The van der Waals surface area contributed by atoms with Crippen LogP contribution in [-0.2, 0) is 0 Å². The lowest BCUT2D eigenvalue weighted by atomic mass is 9.66. The molecule has 2 aliphatic carbocycles. The molecule has 2 fully saturated rings. The summed E-state index contributed by atoms with van der Waals surface area (Å²) in [6.45, 7) is 4.38. The van der Waals surface area contributed by atoms with Gasteiger partial charge >= 0.3 is 0 Å². The Hall–Kier alpha value is -1.43. The first kappa shape index (κ1) is 20.3. The van der Waals surface area contributed by atoms with E-state index in [1.165, 1.54) is 63.5 Å². The van der Waals surface area contributed by atoms with Crippen LogP contribution in [0.2, 0.25) is 0 Å². The average molecular weight is 374 g/mol. The Labute approximate surface area is 163 Å². The SMILES string of the molecule is CCCC1CCC(C2CCC(C(C)c3cc(F)c(C#N)c(F)c3)CC2)CC1. The summed E-state index contributed by atoms with van der Waals surface area (Å²) in [5.41, 5.74) is 0.237. The fourth-order valence-electron chi connectivity index (χ4n) is 5.71. The van der Waals surface area contributed by atoms with Crippen LogP contribution in [0, 0.1) is 46.6 Å². The molecule has 0 bridgehead atoms. The molecule has 1 unspecified atom stereocenters. The molecule has 2 saturated carbocycles. The van der Waals surface area contributed by atoms with Gasteiger partial charge in [-0.3, -0.25) is 0 Å². The summed E-state index contributed by atoms with van der Waals surface area (Å²) in [5.74, 6) is 1.90. The lowest BCUT2D eigenvalue weighted by molar-refractivity contribution is 0.137. The smallest absolute Gasteiger partial charge is 0.144 e. The van der Waals surface area contributed by atoms with E-state index in [0.717, 1.165) is 30.6 Å². The van der Waals surface area contributed by atoms with Crippen molar-refractivity contribution in [3.05, 3.63) is 34.9 Å². The van der Waals surface area contributed by atoms with E-state index in [2.05, 4.69) is 13.8 Å². The molecule has 3 heteroatoms. The second kappa shape index (κ2) is 9.18. The molecule has 2 aliphatic rings. The Bertz CT molecular complexity index is 638. The summed E-state index contributed by atoms with van der Waals surface area (Å²) >= 11 is 0. The molecule has 1 aromatic carbocycles. The highest BCUT2D eigenvalue weighted by Crippen LogP contribution is 2.45. The van der Waals surface area contributed by atoms with Crippen molar-refractivity contribution in [1.82, 2.24) is 0 Å². The van der Waals surface area contributed by atoms with Crippen molar-refractivity contribution in [1.29, 1.82) is 5.26 Å². The molecule has 0 N–H and O–H groups in total. The summed E-state index contributed by atoms with van der Waals surface area (Å²) in [5, 5.41) is 8.85. The molecule has 0 aliphatic heterocycles. The number of rotatable bonds is 5. The molecule has 0 heterocycles. The zero-order chi connectivity index (χ0) is 19.4. The number of benzene rings is 1. The minimum absolute atomic E-state index is 0.142. The highest BCUT2D eigenvalue weighted by molar-refractivity contribution is 5.36. The standard InChI is InChI=1S/C24H33F2N/c1-3-4-17-5-7-19(8-6-17)20-11-9-18(10-12-20)16(2)21-13-23(25)22(15-27)24(26)14-21/h13-14,16-20H,3-12H2,1-2H3. The van der Waals surface area contributed by atoms with Gasteiger partial charge in [0, 0.05) is 0 Å². The minimum Gasteiger partial charge on any atom is -0.205 e.